The van der Waals surface area contributed by atoms with Crippen molar-refractivity contribution in [3.63, 3.8) is 0 Å². The molecule has 1 saturated carbocycles. The van der Waals surface area contributed by atoms with Crippen molar-refractivity contribution in [3.8, 4) is 0 Å². The van der Waals surface area contributed by atoms with Gasteiger partial charge in [-0.25, -0.2) is 8.42 Å². The first-order valence-corrected chi connectivity index (χ1v) is 8.67. The SMILES string of the molecule is CC(C)S(=O)(=O)CCNC1CCCCCC1Cl. The molecule has 0 aliphatic heterocycles. The fourth-order valence-corrected chi connectivity index (χ4v) is 3.36. The number of rotatable bonds is 5. The van der Waals surface area contributed by atoms with Crippen LogP contribution in [0.4, 0.5) is 0 Å². The summed E-state index contributed by atoms with van der Waals surface area (Å²) in [5.41, 5.74) is 0. The summed E-state index contributed by atoms with van der Waals surface area (Å²) in [6, 6.07) is 0.279. The number of alkyl halides is 1. The highest BCUT2D eigenvalue weighted by molar-refractivity contribution is 7.92. The number of hydrogen-bond donors (Lipinski definition) is 1. The van der Waals surface area contributed by atoms with Crippen molar-refractivity contribution in [2.45, 2.75) is 62.6 Å². The van der Waals surface area contributed by atoms with Crippen molar-refractivity contribution in [1.82, 2.24) is 5.32 Å². The molecule has 0 bridgehead atoms. The van der Waals surface area contributed by atoms with Gasteiger partial charge in [0.2, 0.25) is 0 Å². The maximum Gasteiger partial charge on any atom is 0.153 e. The average Bonchev–Trinajstić information content (AvgIpc) is 2.44. The molecular formula is C12H24ClNO2S. The van der Waals surface area contributed by atoms with Gasteiger partial charge < -0.3 is 5.32 Å². The topological polar surface area (TPSA) is 46.2 Å². The molecule has 0 aromatic heterocycles. The summed E-state index contributed by atoms with van der Waals surface area (Å²) in [5.74, 6) is 0.213. The quantitative estimate of drug-likeness (QED) is 0.621. The van der Waals surface area contributed by atoms with Gasteiger partial charge in [-0.3, -0.25) is 0 Å². The minimum atomic E-state index is -2.93. The predicted molar refractivity (Wildman–Crippen MR) is 73.4 cm³/mol. The smallest absolute Gasteiger partial charge is 0.153 e. The van der Waals surface area contributed by atoms with Crippen LogP contribution in [-0.2, 0) is 9.84 Å². The molecule has 0 amide bonds. The largest absolute Gasteiger partial charge is 0.312 e. The van der Waals surface area contributed by atoms with Gasteiger partial charge in [-0.1, -0.05) is 19.3 Å². The molecule has 0 heterocycles. The summed E-state index contributed by atoms with van der Waals surface area (Å²) >= 11 is 6.29. The molecule has 17 heavy (non-hydrogen) atoms. The van der Waals surface area contributed by atoms with E-state index in [1.165, 1.54) is 19.3 Å². The Hall–Kier alpha value is 0.200. The second-order valence-electron chi connectivity index (χ2n) is 5.13. The third kappa shape index (κ3) is 5.14. The van der Waals surface area contributed by atoms with Crippen LogP contribution in [-0.4, -0.2) is 37.4 Å². The molecule has 1 rings (SSSR count). The Kier molecular flexibility index (Phi) is 6.24. The molecule has 0 aromatic rings. The molecule has 0 aromatic carbocycles. The number of sulfone groups is 1. The van der Waals surface area contributed by atoms with Crippen LogP contribution in [0.2, 0.25) is 0 Å². The van der Waals surface area contributed by atoms with Gasteiger partial charge in [0.05, 0.1) is 11.0 Å². The van der Waals surface area contributed by atoms with Gasteiger partial charge in [0.1, 0.15) is 0 Å². The fourth-order valence-electron chi connectivity index (χ4n) is 2.11. The summed E-state index contributed by atoms with van der Waals surface area (Å²) in [6.45, 7) is 3.98. The highest BCUT2D eigenvalue weighted by atomic mass is 35.5. The molecule has 2 unspecified atom stereocenters. The zero-order valence-electron chi connectivity index (χ0n) is 10.8. The third-order valence-electron chi connectivity index (χ3n) is 3.44. The normalized spacial score (nSPS) is 27.1. The van der Waals surface area contributed by atoms with E-state index in [4.69, 9.17) is 11.6 Å². The summed E-state index contributed by atoms with van der Waals surface area (Å²) in [6.07, 6.45) is 5.73. The van der Waals surface area contributed by atoms with Gasteiger partial charge in [-0.15, -0.1) is 11.6 Å². The van der Waals surface area contributed by atoms with Crippen LogP contribution in [0, 0.1) is 0 Å². The lowest BCUT2D eigenvalue weighted by Gasteiger charge is -2.21. The van der Waals surface area contributed by atoms with Crippen LogP contribution in [0.25, 0.3) is 0 Å². The maximum absolute atomic E-state index is 11.6. The predicted octanol–water partition coefficient (Wildman–Crippen LogP) is 2.34. The maximum atomic E-state index is 11.6. The Morgan fingerprint density at radius 3 is 2.53 bits per heavy atom. The summed E-state index contributed by atoms with van der Waals surface area (Å²) in [7, 11) is -2.93. The van der Waals surface area contributed by atoms with Crippen LogP contribution < -0.4 is 5.32 Å². The van der Waals surface area contributed by atoms with E-state index in [1.807, 2.05) is 0 Å². The lowest BCUT2D eigenvalue weighted by Crippen LogP contribution is -2.39. The molecule has 2 atom stereocenters. The summed E-state index contributed by atoms with van der Waals surface area (Å²) in [4.78, 5) is 0. The Morgan fingerprint density at radius 1 is 1.24 bits per heavy atom. The molecule has 1 aliphatic carbocycles. The minimum absolute atomic E-state index is 0.152. The van der Waals surface area contributed by atoms with E-state index in [2.05, 4.69) is 5.32 Å². The van der Waals surface area contributed by atoms with Gasteiger partial charge in [-0.05, 0) is 26.7 Å². The highest BCUT2D eigenvalue weighted by Crippen LogP contribution is 2.22. The molecule has 1 N–H and O–H groups in total. The fraction of sp³-hybridized carbons (Fsp3) is 1.00. The average molecular weight is 282 g/mol. The molecule has 1 aliphatic rings. The zero-order chi connectivity index (χ0) is 12.9. The molecule has 0 radical (unpaired) electrons. The van der Waals surface area contributed by atoms with E-state index >= 15 is 0 Å². The van der Waals surface area contributed by atoms with Gasteiger partial charge in [0.15, 0.2) is 9.84 Å². The van der Waals surface area contributed by atoms with Crippen LogP contribution >= 0.6 is 11.6 Å². The van der Waals surface area contributed by atoms with Crippen molar-refractivity contribution in [2.24, 2.45) is 0 Å². The number of nitrogens with one attached hydrogen (secondary N) is 1. The van der Waals surface area contributed by atoms with Crippen LogP contribution in [0.15, 0.2) is 0 Å². The summed E-state index contributed by atoms with van der Waals surface area (Å²) in [5, 5.41) is 3.18. The standard InChI is InChI=1S/C12H24ClNO2S/c1-10(2)17(15,16)9-8-14-12-7-5-3-4-6-11(12)13/h10-12,14H,3-9H2,1-2H3. The monoisotopic (exact) mass is 281 g/mol. The molecule has 1 fully saturated rings. The van der Waals surface area contributed by atoms with E-state index in [0.717, 1.165) is 12.8 Å². The van der Waals surface area contributed by atoms with E-state index < -0.39 is 9.84 Å². The number of halogens is 1. The van der Waals surface area contributed by atoms with Crippen LogP contribution in [0.5, 0.6) is 0 Å². The van der Waals surface area contributed by atoms with Gasteiger partial charge in [0.25, 0.3) is 0 Å². The van der Waals surface area contributed by atoms with E-state index in [-0.39, 0.29) is 22.4 Å². The molecular weight excluding hydrogens is 258 g/mol. The minimum Gasteiger partial charge on any atom is -0.312 e. The Bertz CT molecular complexity index is 316. The Morgan fingerprint density at radius 2 is 1.88 bits per heavy atom. The van der Waals surface area contributed by atoms with E-state index in [0.29, 0.717) is 6.54 Å². The molecule has 3 nitrogen and oxygen atoms in total. The second kappa shape index (κ2) is 6.95. The van der Waals surface area contributed by atoms with Crippen molar-refractivity contribution in [1.29, 1.82) is 0 Å². The Labute approximate surface area is 110 Å². The van der Waals surface area contributed by atoms with Gasteiger partial charge in [-0.2, -0.15) is 0 Å². The van der Waals surface area contributed by atoms with Crippen molar-refractivity contribution in [3.05, 3.63) is 0 Å². The zero-order valence-corrected chi connectivity index (χ0v) is 12.4. The van der Waals surface area contributed by atoms with E-state index in [1.54, 1.807) is 13.8 Å². The van der Waals surface area contributed by atoms with E-state index in [9.17, 15) is 8.42 Å². The molecule has 0 saturated heterocycles. The van der Waals surface area contributed by atoms with Crippen molar-refractivity contribution >= 4 is 21.4 Å². The molecule has 0 spiro atoms. The van der Waals surface area contributed by atoms with Crippen LogP contribution in [0.3, 0.4) is 0 Å². The molecule has 102 valence electrons. The van der Waals surface area contributed by atoms with Gasteiger partial charge >= 0.3 is 0 Å². The number of hydrogen-bond acceptors (Lipinski definition) is 3. The van der Waals surface area contributed by atoms with Crippen molar-refractivity contribution in [2.75, 3.05) is 12.3 Å². The van der Waals surface area contributed by atoms with Crippen molar-refractivity contribution < 1.29 is 8.42 Å². The second-order valence-corrected chi connectivity index (χ2v) is 8.37. The molecule has 5 heteroatoms. The first-order chi connectivity index (χ1) is 7.93. The first kappa shape index (κ1) is 15.3. The highest BCUT2D eigenvalue weighted by Gasteiger charge is 2.22. The summed E-state index contributed by atoms with van der Waals surface area (Å²) < 4.78 is 23.3. The first-order valence-electron chi connectivity index (χ1n) is 6.52. The lowest BCUT2D eigenvalue weighted by atomic mass is 10.1. The van der Waals surface area contributed by atoms with Gasteiger partial charge in [0, 0.05) is 18.0 Å². The lowest BCUT2D eigenvalue weighted by molar-refractivity contribution is 0.476. The Balaban J connectivity index is 2.34. The van der Waals surface area contributed by atoms with Crippen LogP contribution in [0.1, 0.15) is 46.0 Å². The third-order valence-corrected chi connectivity index (χ3v) is 6.17.